The van der Waals surface area contributed by atoms with Crippen LogP contribution in [0.1, 0.15) is 26.1 Å². The third kappa shape index (κ3) is 3.71. The summed E-state index contributed by atoms with van der Waals surface area (Å²) in [7, 11) is 0. The molecule has 0 saturated carbocycles. The van der Waals surface area contributed by atoms with Crippen molar-refractivity contribution in [3.8, 4) is 0 Å². The number of aromatic nitrogens is 2. The predicted octanol–water partition coefficient (Wildman–Crippen LogP) is 1.29. The Hall–Kier alpha value is -0.170. The van der Waals surface area contributed by atoms with Gasteiger partial charge in [0.1, 0.15) is 5.82 Å². The molecule has 86 valence electrons. The first kappa shape index (κ1) is 12.9. The second kappa shape index (κ2) is 6.42. The SMILES string of the molecule is CCc1nsc(SC(CO)C(N)CC)n1. The van der Waals surface area contributed by atoms with E-state index in [0.717, 1.165) is 23.0 Å². The minimum atomic E-state index is 0.00831. The van der Waals surface area contributed by atoms with Crippen molar-refractivity contribution in [2.75, 3.05) is 6.61 Å². The largest absolute Gasteiger partial charge is 0.395 e. The molecule has 0 fully saturated rings. The van der Waals surface area contributed by atoms with Crippen LogP contribution in [0.4, 0.5) is 0 Å². The lowest BCUT2D eigenvalue weighted by Gasteiger charge is -2.18. The van der Waals surface area contributed by atoms with Gasteiger partial charge < -0.3 is 10.8 Å². The van der Waals surface area contributed by atoms with Crippen LogP contribution in [0.5, 0.6) is 0 Å². The number of aliphatic hydroxyl groups excluding tert-OH is 1. The highest BCUT2D eigenvalue weighted by molar-refractivity contribution is 8.01. The van der Waals surface area contributed by atoms with Gasteiger partial charge in [-0.25, -0.2) is 4.98 Å². The van der Waals surface area contributed by atoms with Gasteiger partial charge in [0.2, 0.25) is 0 Å². The van der Waals surface area contributed by atoms with Crippen LogP contribution in [-0.4, -0.2) is 32.4 Å². The molecule has 1 heterocycles. The molecule has 0 amide bonds. The third-order valence-electron chi connectivity index (χ3n) is 2.15. The minimum Gasteiger partial charge on any atom is -0.395 e. The van der Waals surface area contributed by atoms with Gasteiger partial charge in [-0.05, 0) is 18.0 Å². The Kier molecular flexibility index (Phi) is 5.52. The van der Waals surface area contributed by atoms with E-state index in [1.807, 2.05) is 13.8 Å². The van der Waals surface area contributed by atoms with Crippen LogP contribution in [0.2, 0.25) is 0 Å². The van der Waals surface area contributed by atoms with Crippen molar-refractivity contribution in [2.45, 2.75) is 42.3 Å². The fourth-order valence-corrected chi connectivity index (χ4v) is 3.10. The van der Waals surface area contributed by atoms with Crippen LogP contribution >= 0.6 is 23.3 Å². The van der Waals surface area contributed by atoms with Gasteiger partial charge in [-0.2, -0.15) is 4.37 Å². The topological polar surface area (TPSA) is 72.0 Å². The molecule has 1 aromatic rings. The zero-order valence-electron chi connectivity index (χ0n) is 9.01. The quantitative estimate of drug-likeness (QED) is 0.741. The van der Waals surface area contributed by atoms with Crippen LogP contribution in [0.3, 0.4) is 0 Å². The average molecular weight is 247 g/mol. The number of aliphatic hydroxyl groups is 1. The molecule has 0 bridgehead atoms. The zero-order valence-corrected chi connectivity index (χ0v) is 10.6. The monoisotopic (exact) mass is 247 g/mol. The number of aryl methyl sites for hydroxylation is 1. The summed E-state index contributed by atoms with van der Waals surface area (Å²) >= 11 is 2.91. The molecule has 0 aliphatic carbocycles. The van der Waals surface area contributed by atoms with Crippen molar-refractivity contribution in [1.29, 1.82) is 0 Å². The lowest BCUT2D eigenvalue weighted by atomic mass is 10.2. The average Bonchev–Trinajstić information content (AvgIpc) is 2.72. The highest BCUT2D eigenvalue weighted by atomic mass is 32.2. The van der Waals surface area contributed by atoms with E-state index in [9.17, 15) is 5.11 Å². The molecule has 1 rings (SSSR count). The first-order valence-corrected chi connectivity index (χ1v) is 6.72. The number of thioether (sulfide) groups is 1. The summed E-state index contributed by atoms with van der Waals surface area (Å²) in [5, 5.41) is 9.23. The van der Waals surface area contributed by atoms with Gasteiger partial charge in [0.25, 0.3) is 0 Å². The van der Waals surface area contributed by atoms with Crippen molar-refractivity contribution in [3.05, 3.63) is 5.82 Å². The maximum Gasteiger partial charge on any atom is 0.170 e. The number of nitrogens with two attached hydrogens (primary N) is 1. The lowest BCUT2D eigenvalue weighted by Crippen LogP contribution is -2.34. The molecule has 0 saturated heterocycles. The van der Waals surface area contributed by atoms with Crippen LogP contribution in [-0.2, 0) is 6.42 Å². The standard InChI is InChI=1S/C9H17N3OS2/c1-3-6(10)7(5-13)14-9-11-8(4-2)12-15-9/h6-7,13H,3-5,10H2,1-2H3. The van der Waals surface area contributed by atoms with E-state index in [2.05, 4.69) is 9.36 Å². The second-order valence-electron chi connectivity index (χ2n) is 3.24. The maximum absolute atomic E-state index is 9.21. The molecule has 0 aromatic carbocycles. The molecule has 2 unspecified atom stereocenters. The van der Waals surface area contributed by atoms with Crippen molar-refractivity contribution in [3.63, 3.8) is 0 Å². The Bertz CT molecular complexity index is 293. The van der Waals surface area contributed by atoms with Gasteiger partial charge in [-0.15, -0.1) is 0 Å². The molecule has 0 radical (unpaired) electrons. The molecule has 3 N–H and O–H groups in total. The second-order valence-corrected chi connectivity index (χ2v) is 5.48. The smallest absolute Gasteiger partial charge is 0.170 e. The normalized spacial score (nSPS) is 15.2. The van der Waals surface area contributed by atoms with E-state index in [1.165, 1.54) is 23.3 Å². The summed E-state index contributed by atoms with van der Waals surface area (Å²) in [6.07, 6.45) is 1.71. The van der Waals surface area contributed by atoms with Gasteiger partial charge >= 0.3 is 0 Å². The van der Waals surface area contributed by atoms with Crippen molar-refractivity contribution in [1.82, 2.24) is 9.36 Å². The van der Waals surface area contributed by atoms with E-state index in [0.29, 0.717) is 0 Å². The molecule has 0 spiro atoms. The van der Waals surface area contributed by atoms with E-state index in [1.54, 1.807) is 0 Å². The van der Waals surface area contributed by atoms with Crippen LogP contribution < -0.4 is 5.73 Å². The van der Waals surface area contributed by atoms with Crippen LogP contribution in [0.25, 0.3) is 0 Å². The maximum atomic E-state index is 9.21. The fourth-order valence-electron chi connectivity index (χ4n) is 1.08. The lowest BCUT2D eigenvalue weighted by molar-refractivity contribution is 0.281. The summed E-state index contributed by atoms with van der Waals surface area (Å²) in [4.78, 5) is 4.34. The van der Waals surface area contributed by atoms with E-state index in [4.69, 9.17) is 5.73 Å². The van der Waals surface area contributed by atoms with Crippen LogP contribution in [0, 0.1) is 0 Å². The van der Waals surface area contributed by atoms with Gasteiger partial charge in [0.05, 0.1) is 11.9 Å². The Labute approximate surface area is 98.5 Å². The van der Waals surface area contributed by atoms with Crippen molar-refractivity contribution < 1.29 is 5.11 Å². The Morgan fingerprint density at radius 1 is 1.53 bits per heavy atom. The third-order valence-corrected chi connectivity index (χ3v) is 4.30. The molecule has 2 atom stereocenters. The van der Waals surface area contributed by atoms with Crippen LogP contribution in [0.15, 0.2) is 4.34 Å². The van der Waals surface area contributed by atoms with Gasteiger partial charge in [-0.3, -0.25) is 0 Å². The highest BCUT2D eigenvalue weighted by Gasteiger charge is 2.18. The van der Waals surface area contributed by atoms with E-state index in [-0.39, 0.29) is 17.9 Å². The molecular weight excluding hydrogens is 230 g/mol. The summed E-state index contributed by atoms with van der Waals surface area (Å²) < 4.78 is 5.09. The van der Waals surface area contributed by atoms with Crippen molar-refractivity contribution in [2.24, 2.45) is 5.73 Å². The minimum absolute atomic E-state index is 0.00831. The molecular formula is C9H17N3OS2. The van der Waals surface area contributed by atoms with Gasteiger partial charge in [-0.1, -0.05) is 25.6 Å². The first-order valence-electron chi connectivity index (χ1n) is 5.06. The van der Waals surface area contributed by atoms with E-state index < -0.39 is 0 Å². The molecule has 4 nitrogen and oxygen atoms in total. The zero-order chi connectivity index (χ0) is 11.3. The molecule has 0 aliphatic heterocycles. The van der Waals surface area contributed by atoms with Crippen molar-refractivity contribution >= 4 is 23.3 Å². The molecule has 1 aromatic heterocycles. The van der Waals surface area contributed by atoms with E-state index >= 15 is 0 Å². The van der Waals surface area contributed by atoms with Gasteiger partial charge in [0, 0.05) is 12.5 Å². The number of hydrogen-bond acceptors (Lipinski definition) is 6. The summed E-state index contributed by atoms with van der Waals surface area (Å²) in [6, 6.07) is 0.00831. The molecule has 6 heteroatoms. The summed E-state index contributed by atoms with van der Waals surface area (Å²) in [5.74, 6) is 0.865. The Balaban J connectivity index is 2.58. The summed E-state index contributed by atoms with van der Waals surface area (Å²) in [6.45, 7) is 4.13. The number of nitrogens with zero attached hydrogens (tertiary/aromatic N) is 2. The van der Waals surface area contributed by atoms with Gasteiger partial charge in [0.15, 0.2) is 4.34 Å². The molecule has 0 aliphatic rings. The Morgan fingerprint density at radius 2 is 2.27 bits per heavy atom. The number of hydrogen-bond donors (Lipinski definition) is 2. The first-order chi connectivity index (χ1) is 7.21. The predicted molar refractivity (Wildman–Crippen MR) is 64.3 cm³/mol. The number of rotatable bonds is 6. The summed E-state index contributed by atoms with van der Waals surface area (Å²) in [5.41, 5.74) is 5.89. The Morgan fingerprint density at radius 3 is 2.73 bits per heavy atom. The molecule has 15 heavy (non-hydrogen) atoms. The fraction of sp³-hybridized carbons (Fsp3) is 0.778. The highest BCUT2D eigenvalue weighted by Crippen LogP contribution is 2.27.